The number of aliphatic hydroxyl groups excluding tert-OH is 2. The molecule has 0 saturated carbocycles. The largest absolute Gasteiger partial charge is 1.00 e. The Morgan fingerprint density at radius 3 is 2.35 bits per heavy atom. The van der Waals surface area contributed by atoms with Crippen molar-refractivity contribution in [3.8, 4) is 5.75 Å². The number of hydrogen-bond acceptors (Lipinski definition) is 5. The first-order valence-corrected chi connectivity index (χ1v) is 11.1. The molecule has 1 unspecified atom stereocenters. The molecule has 0 aliphatic carbocycles. The van der Waals surface area contributed by atoms with E-state index in [1.807, 2.05) is 0 Å². The maximum Gasteiger partial charge on any atom is 1.00 e. The molecule has 0 aliphatic heterocycles. The third kappa shape index (κ3) is 12.0. The molecule has 168 valence electrons. The Hall–Kier alpha value is -0.920. The van der Waals surface area contributed by atoms with E-state index in [2.05, 4.69) is 35.6 Å². The molecule has 2 rings (SSSR count). The number of aromatic hydroxyl groups is 1. The summed E-state index contributed by atoms with van der Waals surface area (Å²) in [5.74, 6) is 0.0533. The first-order chi connectivity index (χ1) is 14.7. The quantitative estimate of drug-likeness (QED) is 0.234. The van der Waals surface area contributed by atoms with Gasteiger partial charge >= 0.3 is 29.6 Å². The van der Waals surface area contributed by atoms with Gasteiger partial charge in [-0.2, -0.15) is 0 Å². The van der Waals surface area contributed by atoms with E-state index < -0.39 is 6.10 Å². The number of phenols is 1. The Morgan fingerprint density at radius 1 is 0.903 bits per heavy atom. The Morgan fingerprint density at radius 2 is 1.61 bits per heavy atom. The van der Waals surface area contributed by atoms with E-state index in [1.54, 1.807) is 12.1 Å². The van der Waals surface area contributed by atoms with Crippen LogP contribution in [0.1, 0.15) is 62.7 Å². The van der Waals surface area contributed by atoms with Crippen molar-refractivity contribution < 1.29 is 51.0 Å². The van der Waals surface area contributed by atoms with Gasteiger partial charge in [0.05, 0.1) is 12.7 Å². The molecule has 5 nitrogen and oxygen atoms in total. The minimum atomic E-state index is -0.647. The second-order valence-corrected chi connectivity index (χ2v) is 7.74. The zero-order valence-corrected chi connectivity index (χ0v) is 20.9. The summed E-state index contributed by atoms with van der Waals surface area (Å²) in [4.78, 5) is 0. The molecule has 6 heteroatoms. The van der Waals surface area contributed by atoms with Crippen LogP contribution >= 0.6 is 0 Å². The number of aliphatic hydroxyl groups is 2. The van der Waals surface area contributed by atoms with E-state index >= 15 is 0 Å². The topological polar surface area (TPSA) is 82.0 Å². The number of aryl methyl sites for hydroxylation is 1. The Labute approximate surface area is 210 Å². The fraction of sp³-hybridized carbons (Fsp3) is 0.520. The third-order valence-corrected chi connectivity index (χ3v) is 5.24. The van der Waals surface area contributed by atoms with Crippen LogP contribution in [0.15, 0.2) is 48.5 Å². The van der Waals surface area contributed by atoms with Crippen LogP contribution in [-0.2, 0) is 17.8 Å². The van der Waals surface area contributed by atoms with E-state index in [4.69, 9.17) is 4.74 Å². The van der Waals surface area contributed by atoms with Crippen LogP contribution in [0.4, 0.5) is 0 Å². The SMILES string of the molecule is OCc1cc(C(O)CNCCCCCCOCCCCc2ccccc2)ccc1O.[H-].[Na+]. The molecule has 0 heterocycles. The number of benzene rings is 2. The van der Waals surface area contributed by atoms with Gasteiger partial charge in [-0.15, -0.1) is 0 Å². The van der Waals surface area contributed by atoms with Gasteiger partial charge in [-0.1, -0.05) is 49.2 Å². The van der Waals surface area contributed by atoms with Crippen molar-refractivity contribution in [2.45, 2.75) is 57.7 Å². The van der Waals surface area contributed by atoms with Crippen LogP contribution in [-0.4, -0.2) is 41.6 Å². The van der Waals surface area contributed by atoms with E-state index in [-0.39, 0.29) is 43.3 Å². The van der Waals surface area contributed by atoms with Crippen molar-refractivity contribution >= 4 is 0 Å². The molecule has 1 atom stereocenters. The summed E-state index contributed by atoms with van der Waals surface area (Å²) in [6.45, 7) is 2.77. The second-order valence-electron chi connectivity index (χ2n) is 7.74. The van der Waals surface area contributed by atoms with Crippen LogP contribution in [0, 0.1) is 0 Å². The molecule has 2 aromatic rings. The van der Waals surface area contributed by atoms with E-state index in [0.717, 1.165) is 58.3 Å². The van der Waals surface area contributed by atoms with Crippen LogP contribution in [0.5, 0.6) is 5.75 Å². The van der Waals surface area contributed by atoms with Gasteiger partial charge in [0, 0.05) is 25.3 Å². The van der Waals surface area contributed by atoms with Gasteiger partial charge in [0.25, 0.3) is 0 Å². The van der Waals surface area contributed by atoms with E-state index in [9.17, 15) is 15.3 Å². The van der Waals surface area contributed by atoms with Gasteiger partial charge < -0.3 is 26.8 Å². The molecule has 0 spiro atoms. The van der Waals surface area contributed by atoms with Crippen molar-refractivity contribution in [2.24, 2.45) is 0 Å². The molecular formula is C25H38NNaO4. The molecule has 0 radical (unpaired) electrons. The fourth-order valence-corrected chi connectivity index (χ4v) is 3.38. The predicted molar refractivity (Wildman–Crippen MR) is 122 cm³/mol. The Kier molecular flexibility index (Phi) is 16.0. The maximum absolute atomic E-state index is 10.2. The molecule has 0 saturated heterocycles. The molecule has 0 aliphatic rings. The summed E-state index contributed by atoms with van der Waals surface area (Å²) in [5, 5.41) is 32.3. The van der Waals surface area contributed by atoms with Gasteiger partial charge in [-0.05, 0) is 61.9 Å². The van der Waals surface area contributed by atoms with Crippen LogP contribution in [0.25, 0.3) is 0 Å². The minimum Gasteiger partial charge on any atom is -1.00 e. The van der Waals surface area contributed by atoms with Crippen LogP contribution in [0.3, 0.4) is 0 Å². The van der Waals surface area contributed by atoms with E-state index in [0.29, 0.717) is 17.7 Å². The summed E-state index contributed by atoms with van der Waals surface area (Å²) in [6.07, 6.45) is 7.24. The van der Waals surface area contributed by atoms with Gasteiger partial charge in [-0.3, -0.25) is 0 Å². The molecule has 0 bridgehead atoms. The smallest absolute Gasteiger partial charge is 1.00 e. The number of rotatable bonds is 16. The average Bonchev–Trinajstić information content (AvgIpc) is 2.77. The maximum atomic E-state index is 10.2. The Balaban J connectivity index is 0.00000480. The third-order valence-electron chi connectivity index (χ3n) is 5.24. The van der Waals surface area contributed by atoms with Gasteiger partial charge in [-0.25, -0.2) is 0 Å². The Bertz CT molecular complexity index is 706. The standard InChI is InChI=1S/C25H37NO4.Na.H/c27-20-23-18-22(13-14-24(23)28)25(29)19-26-15-7-1-2-8-16-30-17-9-6-12-21-10-4-3-5-11-21;;/h3-5,10-11,13-14,18,25-29H,1-2,6-9,12,15-17,19-20H2;;/q;+1;-1. The number of ether oxygens (including phenoxy) is 1. The fourth-order valence-electron chi connectivity index (χ4n) is 3.38. The molecule has 31 heavy (non-hydrogen) atoms. The van der Waals surface area contributed by atoms with Gasteiger partial charge in [0.1, 0.15) is 5.75 Å². The molecule has 2 aromatic carbocycles. The summed E-state index contributed by atoms with van der Waals surface area (Å²) < 4.78 is 5.72. The number of unbranched alkanes of at least 4 members (excludes halogenated alkanes) is 4. The predicted octanol–water partition coefficient (Wildman–Crippen LogP) is 1.22. The number of hydrogen-bond donors (Lipinski definition) is 4. The first kappa shape index (κ1) is 28.1. The van der Waals surface area contributed by atoms with Crippen LogP contribution < -0.4 is 34.9 Å². The summed E-state index contributed by atoms with van der Waals surface area (Å²) in [6, 6.07) is 15.4. The van der Waals surface area contributed by atoms with Crippen molar-refractivity contribution in [1.29, 1.82) is 0 Å². The zero-order chi connectivity index (χ0) is 21.4. The monoisotopic (exact) mass is 439 g/mol. The van der Waals surface area contributed by atoms with Crippen molar-refractivity contribution in [2.75, 3.05) is 26.3 Å². The molecule has 4 N–H and O–H groups in total. The summed E-state index contributed by atoms with van der Waals surface area (Å²) >= 11 is 0. The molecule has 0 fully saturated rings. The summed E-state index contributed by atoms with van der Waals surface area (Å²) in [7, 11) is 0. The van der Waals surface area contributed by atoms with E-state index in [1.165, 1.54) is 18.1 Å². The number of nitrogens with one attached hydrogen (secondary N) is 1. The van der Waals surface area contributed by atoms with Crippen LogP contribution in [0.2, 0.25) is 0 Å². The second kappa shape index (κ2) is 17.6. The van der Waals surface area contributed by atoms with Gasteiger partial charge in [0.2, 0.25) is 0 Å². The first-order valence-electron chi connectivity index (χ1n) is 11.1. The average molecular weight is 440 g/mol. The molecular weight excluding hydrogens is 401 g/mol. The molecule has 0 amide bonds. The van der Waals surface area contributed by atoms with Crippen molar-refractivity contribution in [3.63, 3.8) is 0 Å². The zero-order valence-electron chi connectivity index (χ0n) is 19.9. The minimum absolute atomic E-state index is 0. The van der Waals surface area contributed by atoms with Gasteiger partial charge in [0.15, 0.2) is 0 Å². The van der Waals surface area contributed by atoms with Crippen molar-refractivity contribution in [3.05, 3.63) is 65.2 Å². The molecule has 0 aromatic heterocycles. The van der Waals surface area contributed by atoms with Crippen molar-refractivity contribution in [1.82, 2.24) is 5.32 Å². The normalized spacial score (nSPS) is 11.8. The summed E-state index contributed by atoms with van der Waals surface area (Å²) in [5.41, 5.74) is 2.53.